The maximum atomic E-state index is 13.4. The van der Waals surface area contributed by atoms with E-state index in [2.05, 4.69) is 4.98 Å². The highest BCUT2D eigenvalue weighted by Gasteiger charge is 2.26. The quantitative estimate of drug-likeness (QED) is 0.723. The molecule has 0 spiro atoms. The van der Waals surface area contributed by atoms with E-state index in [1.54, 1.807) is 30.3 Å². The van der Waals surface area contributed by atoms with E-state index in [-0.39, 0.29) is 5.03 Å². The molecule has 1 nitrogen and oxygen atoms in total. The maximum absolute atomic E-state index is 13.4. The fraction of sp³-hybridized carbons (Fsp3) is 0.0909. The Hall–Kier alpha value is -0.710. The van der Waals surface area contributed by atoms with Crippen LogP contribution in [0.3, 0.4) is 0 Å². The molecule has 0 radical (unpaired) electrons. The molecule has 0 unspecified atom stereocenters. The van der Waals surface area contributed by atoms with Crippen molar-refractivity contribution in [1.29, 1.82) is 0 Å². The molecule has 92 valence electrons. The fourth-order valence-corrected chi connectivity index (χ4v) is 2.53. The second-order valence-corrected chi connectivity index (χ2v) is 6.33. The highest BCUT2D eigenvalue weighted by atomic mass is 35.5. The first-order chi connectivity index (χ1) is 8.03. The van der Waals surface area contributed by atoms with Gasteiger partial charge in [0, 0.05) is 10.7 Å². The Morgan fingerprint density at radius 3 is 2.29 bits per heavy atom. The first-order valence-electron chi connectivity index (χ1n) is 4.74. The van der Waals surface area contributed by atoms with Crippen molar-refractivity contribution in [2.45, 2.75) is 5.03 Å². The first-order valence-corrected chi connectivity index (χ1v) is 7.25. The zero-order valence-electron chi connectivity index (χ0n) is 8.59. The van der Waals surface area contributed by atoms with Crippen molar-refractivity contribution < 1.29 is 7.77 Å². The molecule has 1 aromatic carbocycles. The monoisotopic (exact) mass is 295 g/mol. The fourth-order valence-electron chi connectivity index (χ4n) is 1.41. The highest BCUT2D eigenvalue weighted by Crippen LogP contribution is 2.59. The second-order valence-electron chi connectivity index (χ2n) is 3.43. The highest BCUT2D eigenvalue weighted by molar-refractivity contribution is 8.26. The predicted molar refractivity (Wildman–Crippen MR) is 70.0 cm³/mol. The van der Waals surface area contributed by atoms with E-state index >= 15 is 0 Å². The first kappa shape index (κ1) is 12.7. The van der Waals surface area contributed by atoms with Crippen LogP contribution in [-0.2, 0) is 0 Å². The normalized spacial score (nSPS) is 12.7. The van der Waals surface area contributed by atoms with Crippen molar-refractivity contribution in [3.05, 3.63) is 41.4 Å². The minimum absolute atomic E-state index is 0.0996. The summed E-state index contributed by atoms with van der Waals surface area (Å²) in [6, 6.07) is 9.96. The van der Waals surface area contributed by atoms with Crippen LogP contribution in [0.25, 0.3) is 11.3 Å². The zero-order chi connectivity index (χ0) is 12.5. The van der Waals surface area contributed by atoms with Gasteiger partial charge in [0.05, 0.1) is 0 Å². The average molecular weight is 296 g/mol. The van der Waals surface area contributed by atoms with E-state index < -0.39 is 16.0 Å². The summed E-state index contributed by atoms with van der Waals surface area (Å²) in [5, 5.41) is -0.150. The molecule has 17 heavy (non-hydrogen) atoms. The summed E-state index contributed by atoms with van der Waals surface area (Å²) >= 11 is 11.0. The van der Waals surface area contributed by atoms with Crippen LogP contribution in [0.4, 0.5) is 7.77 Å². The van der Waals surface area contributed by atoms with Gasteiger partial charge >= 0.3 is 0 Å². The molecule has 0 amide bonds. The van der Waals surface area contributed by atoms with Crippen LogP contribution in [0.5, 0.6) is 0 Å². The lowest BCUT2D eigenvalue weighted by atomic mass is 10.2. The standard InChI is InChI=1S/C11H9Cl2F2NS/c12-7-17(14,15)11-6-5-10(16-11)8-1-3-9(13)4-2-8/h1-6,16H,7H2. The Balaban J connectivity index is 2.33. The third-order valence-electron chi connectivity index (χ3n) is 2.27. The van der Waals surface area contributed by atoms with Gasteiger partial charge in [0.25, 0.3) is 0 Å². The molecule has 0 aliphatic heterocycles. The van der Waals surface area contributed by atoms with Crippen molar-refractivity contribution >= 4 is 34.0 Å². The van der Waals surface area contributed by atoms with E-state index in [0.29, 0.717) is 10.7 Å². The van der Waals surface area contributed by atoms with Gasteiger partial charge in [0.1, 0.15) is 21.0 Å². The zero-order valence-corrected chi connectivity index (χ0v) is 10.9. The lowest BCUT2D eigenvalue weighted by Crippen LogP contribution is -1.88. The van der Waals surface area contributed by atoms with Crippen LogP contribution >= 0.6 is 34.0 Å². The predicted octanol–water partition coefficient (Wildman–Crippen LogP) is 5.46. The molecule has 1 N–H and O–H groups in total. The van der Waals surface area contributed by atoms with Crippen molar-refractivity contribution in [1.82, 2.24) is 4.98 Å². The number of alkyl halides is 1. The third-order valence-corrected chi connectivity index (χ3v) is 4.50. The Morgan fingerprint density at radius 2 is 1.71 bits per heavy atom. The van der Waals surface area contributed by atoms with Gasteiger partial charge in [0.15, 0.2) is 0 Å². The molecule has 1 aromatic heterocycles. The summed E-state index contributed by atoms with van der Waals surface area (Å²) in [4.78, 5) is 2.70. The summed E-state index contributed by atoms with van der Waals surface area (Å²) < 4.78 is 26.8. The van der Waals surface area contributed by atoms with Gasteiger partial charge in [-0.3, -0.25) is 0 Å². The van der Waals surface area contributed by atoms with Crippen molar-refractivity contribution in [3.8, 4) is 11.3 Å². The number of aromatic amines is 1. The van der Waals surface area contributed by atoms with Crippen LogP contribution in [0, 0.1) is 0 Å². The van der Waals surface area contributed by atoms with Gasteiger partial charge in [-0.2, -0.15) is 7.77 Å². The molecule has 0 saturated heterocycles. The number of hydrogen-bond acceptors (Lipinski definition) is 0. The second kappa shape index (κ2) is 4.88. The third kappa shape index (κ3) is 2.76. The molecule has 2 aromatic rings. The molecular weight excluding hydrogens is 287 g/mol. The summed E-state index contributed by atoms with van der Waals surface area (Å²) in [6.45, 7) is 0. The lowest BCUT2D eigenvalue weighted by molar-refractivity contribution is 0.740. The van der Waals surface area contributed by atoms with Crippen molar-refractivity contribution in [2.24, 2.45) is 0 Å². The SMILES string of the molecule is FS(F)(CCl)c1ccc(-c2ccc(Cl)cc2)[nH]1. The molecule has 1 heterocycles. The van der Waals surface area contributed by atoms with Gasteiger partial charge in [0.2, 0.25) is 0 Å². The van der Waals surface area contributed by atoms with Crippen molar-refractivity contribution in [2.75, 3.05) is 5.21 Å². The Bertz CT molecular complexity index is 510. The lowest BCUT2D eigenvalue weighted by Gasteiger charge is -2.14. The van der Waals surface area contributed by atoms with E-state index in [4.69, 9.17) is 23.2 Å². The molecule has 0 atom stereocenters. The number of rotatable bonds is 3. The van der Waals surface area contributed by atoms with Crippen LogP contribution in [0.2, 0.25) is 5.02 Å². The summed E-state index contributed by atoms with van der Waals surface area (Å²) in [6.07, 6.45) is 0. The van der Waals surface area contributed by atoms with Gasteiger partial charge in [-0.05, 0) is 29.8 Å². The average Bonchev–Trinajstić information content (AvgIpc) is 2.80. The molecule has 2 rings (SSSR count). The number of halogens is 4. The van der Waals surface area contributed by atoms with Crippen LogP contribution in [-0.4, -0.2) is 10.2 Å². The summed E-state index contributed by atoms with van der Waals surface area (Å²) in [5.41, 5.74) is 1.44. The van der Waals surface area contributed by atoms with E-state index in [9.17, 15) is 7.77 Å². The summed E-state index contributed by atoms with van der Waals surface area (Å²) in [5.74, 6) is 0. The van der Waals surface area contributed by atoms with Crippen molar-refractivity contribution in [3.63, 3.8) is 0 Å². The van der Waals surface area contributed by atoms with Gasteiger partial charge in [-0.25, -0.2) is 0 Å². The molecule has 0 aliphatic carbocycles. The van der Waals surface area contributed by atoms with Crippen LogP contribution in [0.1, 0.15) is 0 Å². The van der Waals surface area contributed by atoms with Gasteiger partial charge in [-0.1, -0.05) is 23.7 Å². The largest absolute Gasteiger partial charge is 0.347 e. The minimum atomic E-state index is -3.91. The Labute approximate surface area is 110 Å². The molecular formula is C11H9Cl2F2NS. The summed E-state index contributed by atoms with van der Waals surface area (Å²) in [7, 11) is -3.91. The topological polar surface area (TPSA) is 15.8 Å². The molecule has 0 saturated carbocycles. The van der Waals surface area contributed by atoms with E-state index in [0.717, 1.165) is 5.56 Å². The van der Waals surface area contributed by atoms with E-state index in [1.807, 2.05) is 0 Å². The molecule has 6 heteroatoms. The number of aromatic nitrogens is 1. The molecule has 0 fully saturated rings. The van der Waals surface area contributed by atoms with Gasteiger partial charge < -0.3 is 4.98 Å². The number of nitrogens with one attached hydrogen (secondary N) is 1. The molecule has 0 bridgehead atoms. The Kier molecular flexibility index (Phi) is 3.66. The number of benzene rings is 1. The number of hydrogen-bond donors (Lipinski definition) is 1. The van der Waals surface area contributed by atoms with Crippen LogP contribution in [0.15, 0.2) is 41.4 Å². The van der Waals surface area contributed by atoms with Gasteiger partial charge in [-0.15, -0.1) is 11.6 Å². The molecule has 0 aliphatic rings. The van der Waals surface area contributed by atoms with Crippen LogP contribution < -0.4 is 0 Å². The number of H-pyrrole nitrogens is 1. The maximum Gasteiger partial charge on any atom is 0.114 e. The Morgan fingerprint density at radius 1 is 1.06 bits per heavy atom. The van der Waals surface area contributed by atoms with E-state index in [1.165, 1.54) is 6.07 Å². The smallest absolute Gasteiger partial charge is 0.114 e. The minimum Gasteiger partial charge on any atom is -0.347 e.